The molecular weight excluding hydrogens is 260 g/mol. The zero-order chi connectivity index (χ0) is 16.1. The predicted molar refractivity (Wildman–Crippen MR) is 88.2 cm³/mol. The van der Waals surface area contributed by atoms with Gasteiger partial charge in [-0.3, -0.25) is 0 Å². The molecule has 2 rings (SSSR count). The van der Waals surface area contributed by atoms with Gasteiger partial charge in [0.25, 0.3) is 0 Å². The smallest absolute Gasteiger partial charge is 0.123 e. The Morgan fingerprint density at radius 3 is 2.33 bits per heavy atom. The standard InChI is InChI=1S/C19H30O2/c1-17(2,3)12-18(4,5)14-11-16-13(10-15(14)20)8-9-19(6,7)21-16/h10-11,20H,8-9,12H2,1-7H3. The molecule has 2 heteroatoms. The highest BCUT2D eigenvalue weighted by molar-refractivity contribution is 5.50. The third kappa shape index (κ3) is 3.72. The number of rotatable bonds is 2. The van der Waals surface area contributed by atoms with Crippen molar-refractivity contribution in [3.63, 3.8) is 0 Å². The first-order valence-electron chi connectivity index (χ1n) is 7.95. The summed E-state index contributed by atoms with van der Waals surface area (Å²) in [6, 6.07) is 3.97. The number of aryl methyl sites for hydroxylation is 1. The maximum Gasteiger partial charge on any atom is 0.123 e. The Hall–Kier alpha value is -1.18. The minimum Gasteiger partial charge on any atom is -0.508 e. The molecule has 1 aliphatic rings. The van der Waals surface area contributed by atoms with Crippen LogP contribution in [0.2, 0.25) is 0 Å². The van der Waals surface area contributed by atoms with Crippen molar-refractivity contribution >= 4 is 0 Å². The number of hydrogen-bond acceptors (Lipinski definition) is 2. The van der Waals surface area contributed by atoms with E-state index in [4.69, 9.17) is 4.74 Å². The van der Waals surface area contributed by atoms with Crippen molar-refractivity contribution in [1.29, 1.82) is 0 Å². The van der Waals surface area contributed by atoms with Gasteiger partial charge in [-0.2, -0.15) is 0 Å². The Morgan fingerprint density at radius 1 is 1.14 bits per heavy atom. The lowest BCUT2D eigenvalue weighted by Crippen LogP contribution is -2.33. The average Bonchev–Trinajstić information content (AvgIpc) is 2.24. The van der Waals surface area contributed by atoms with E-state index in [1.54, 1.807) is 0 Å². The molecule has 118 valence electrons. The van der Waals surface area contributed by atoms with Crippen LogP contribution in [0.3, 0.4) is 0 Å². The molecular formula is C19H30O2. The quantitative estimate of drug-likeness (QED) is 0.810. The topological polar surface area (TPSA) is 29.5 Å². The number of aromatic hydroxyl groups is 1. The molecule has 1 aliphatic heterocycles. The second-order valence-electron chi connectivity index (χ2n) is 8.96. The lowest BCUT2D eigenvalue weighted by atomic mass is 9.71. The fourth-order valence-corrected chi connectivity index (χ4v) is 3.65. The van der Waals surface area contributed by atoms with Crippen LogP contribution in [0.5, 0.6) is 11.5 Å². The molecule has 0 radical (unpaired) electrons. The van der Waals surface area contributed by atoms with Crippen molar-refractivity contribution in [2.75, 3.05) is 0 Å². The molecule has 1 N–H and O–H groups in total. The van der Waals surface area contributed by atoms with Crippen LogP contribution in [0.1, 0.15) is 72.4 Å². The zero-order valence-corrected chi connectivity index (χ0v) is 14.6. The summed E-state index contributed by atoms with van der Waals surface area (Å²) < 4.78 is 6.13. The molecule has 0 aliphatic carbocycles. The number of hydrogen-bond donors (Lipinski definition) is 1. The first kappa shape index (κ1) is 16.2. The summed E-state index contributed by atoms with van der Waals surface area (Å²) in [6.07, 6.45) is 2.97. The van der Waals surface area contributed by atoms with E-state index in [-0.39, 0.29) is 16.4 Å². The minimum absolute atomic E-state index is 0.0810. The van der Waals surface area contributed by atoms with Gasteiger partial charge in [-0.1, -0.05) is 34.6 Å². The van der Waals surface area contributed by atoms with Crippen molar-refractivity contribution in [1.82, 2.24) is 0 Å². The fraction of sp³-hybridized carbons (Fsp3) is 0.684. The maximum atomic E-state index is 10.5. The summed E-state index contributed by atoms with van der Waals surface area (Å²) in [5.74, 6) is 1.35. The summed E-state index contributed by atoms with van der Waals surface area (Å²) in [5.41, 5.74) is 2.14. The van der Waals surface area contributed by atoms with Gasteiger partial charge in [0.05, 0.1) is 0 Å². The van der Waals surface area contributed by atoms with Gasteiger partial charge in [-0.15, -0.1) is 0 Å². The fourth-order valence-electron chi connectivity index (χ4n) is 3.65. The molecule has 1 aromatic carbocycles. The third-order valence-electron chi connectivity index (χ3n) is 4.26. The zero-order valence-electron chi connectivity index (χ0n) is 14.6. The first-order chi connectivity index (χ1) is 9.40. The van der Waals surface area contributed by atoms with Gasteiger partial charge < -0.3 is 9.84 Å². The van der Waals surface area contributed by atoms with E-state index in [9.17, 15) is 5.11 Å². The van der Waals surface area contributed by atoms with Crippen LogP contribution in [-0.2, 0) is 11.8 Å². The maximum absolute atomic E-state index is 10.5. The number of benzene rings is 1. The molecule has 0 saturated carbocycles. The lowest BCUT2D eigenvalue weighted by Gasteiger charge is -2.36. The lowest BCUT2D eigenvalue weighted by molar-refractivity contribution is 0.0841. The molecule has 0 unspecified atom stereocenters. The summed E-state index contributed by atoms with van der Waals surface area (Å²) in [5, 5.41) is 10.5. The first-order valence-corrected chi connectivity index (χ1v) is 7.95. The second-order valence-corrected chi connectivity index (χ2v) is 8.96. The van der Waals surface area contributed by atoms with Crippen molar-refractivity contribution in [2.24, 2.45) is 5.41 Å². The third-order valence-corrected chi connectivity index (χ3v) is 4.26. The van der Waals surface area contributed by atoms with E-state index in [2.05, 4.69) is 54.5 Å². The summed E-state index contributed by atoms with van der Waals surface area (Å²) in [6.45, 7) is 15.4. The molecule has 0 aromatic heterocycles. The Bertz CT molecular complexity index is 533. The Balaban J connectivity index is 2.42. The van der Waals surface area contributed by atoms with Gasteiger partial charge in [0.15, 0.2) is 0 Å². The average molecular weight is 290 g/mol. The largest absolute Gasteiger partial charge is 0.508 e. The van der Waals surface area contributed by atoms with Gasteiger partial charge in [-0.05, 0) is 61.6 Å². The SMILES string of the molecule is CC(C)(C)CC(C)(C)c1cc2c(cc1O)CCC(C)(C)O2. The van der Waals surface area contributed by atoms with Crippen LogP contribution < -0.4 is 4.74 Å². The number of fused-ring (bicyclic) bond motifs is 1. The van der Waals surface area contributed by atoms with Crippen LogP contribution in [-0.4, -0.2) is 10.7 Å². The second kappa shape index (κ2) is 4.93. The van der Waals surface area contributed by atoms with E-state index in [1.165, 1.54) is 0 Å². The number of phenolic OH excluding ortho intramolecular Hbond substituents is 1. The molecule has 0 amide bonds. The normalized spacial score (nSPS) is 18.0. The number of phenols is 1. The highest BCUT2D eigenvalue weighted by atomic mass is 16.5. The molecule has 1 heterocycles. The summed E-state index contributed by atoms with van der Waals surface area (Å²) >= 11 is 0. The molecule has 1 aromatic rings. The molecule has 0 atom stereocenters. The highest BCUT2D eigenvalue weighted by Crippen LogP contribution is 2.44. The molecule has 0 bridgehead atoms. The van der Waals surface area contributed by atoms with Gasteiger partial charge in [0, 0.05) is 5.56 Å². The van der Waals surface area contributed by atoms with E-state index in [1.807, 2.05) is 6.07 Å². The van der Waals surface area contributed by atoms with E-state index in [0.29, 0.717) is 5.75 Å². The number of ether oxygens (including phenoxy) is 1. The summed E-state index contributed by atoms with van der Waals surface area (Å²) in [4.78, 5) is 0. The van der Waals surface area contributed by atoms with Crippen LogP contribution in [0.15, 0.2) is 12.1 Å². The van der Waals surface area contributed by atoms with Gasteiger partial charge in [0.2, 0.25) is 0 Å². The van der Waals surface area contributed by atoms with Crippen molar-refractivity contribution in [3.8, 4) is 11.5 Å². The summed E-state index contributed by atoms with van der Waals surface area (Å²) in [7, 11) is 0. The Morgan fingerprint density at radius 2 is 1.76 bits per heavy atom. The van der Waals surface area contributed by atoms with E-state index in [0.717, 1.165) is 36.1 Å². The van der Waals surface area contributed by atoms with Crippen LogP contribution in [0, 0.1) is 5.41 Å². The van der Waals surface area contributed by atoms with Crippen molar-refractivity contribution in [2.45, 2.75) is 78.7 Å². The van der Waals surface area contributed by atoms with Gasteiger partial charge >= 0.3 is 0 Å². The van der Waals surface area contributed by atoms with Gasteiger partial charge in [-0.25, -0.2) is 0 Å². The molecule has 0 fully saturated rings. The monoisotopic (exact) mass is 290 g/mol. The van der Waals surface area contributed by atoms with E-state index < -0.39 is 0 Å². The Kier molecular flexibility index (Phi) is 3.80. The van der Waals surface area contributed by atoms with Crippen LogP contribution in [0.25, 0.3) is 0 Å². The molecule has 2 nitrogen and oxygen atoms in total. The van der Waals surface area contributed by atoms with E-state index >= 15 is 0 Å². The highest BCUT2D eigenvalue weighted by Gasteiger charge is 2.33. The van der Waals surface area contributed by atoms with Crippen LogP contribution >= 0.6 is 0 Å². The molecule has 21 heavy (non-hydrogen) atoms. The molecule has 0 spiro atoms. The predicted octanol–water partition coefficient (Wildman–Crippen LogP) is 5.21. The molecule has 0 saturated heterocycles. The van der Waals surface area contributed by atoms with Gasteiger partial charge in [0.1, 0.15) is 17.1 Å². The Labute approximate surface area is 129 Å². The van der Waals surface area contributed by atoms with Crippen molar-refractivity contribution in [3.05, 3.63) is 23.3 Å². The van der Waals surface area contributed by atoms with Crippen molar-refractivity contribution < 1.29 is 9.84 Å². The van der Waals surface area contributed by atoms with Crippen LogP contribution in [0.4, 0.5) is 0 Å². The minimum atomic E-state index is -0.116.